The molecule has 0 atom stereocenters. The number of rotatable bonds is 4. The molecule has 0 unspecified atom stereocenters. The van der Waals surface area contributed by atoms with Crippen LogP contribution in [-0.2, 0) is 11.3 Å². The molecular formula is C21H31FIN5O2. The van der Waals surface area contributed by atoms with Crippen LogP contribution >= 0.6 is 24.0 Å². The molecule has 0 aliphatic heterocycles. The maximum Gasteiger partial charge on any atom is 0.407 e. The molecule has 1 aliphatic rings. The molecule has 0 saturated heterocycles. The monoisotopic (exact) mass is 531 g/mol. The molecule has 0 bridgehead atoms. The summed E-state index contributed by atoms with van der Waals surface area (Å²) in [5.74, 6) is 0.219. The van der Waals surface area contributed by atoms with Crippen molar-refractivity contribution in [1.82, 2.24) is 16.0 Å². The first-order valence-electron chi connectivity index (χ1n) is 9.85. The van der Waals surface area contributed by atoms with Crippen LogP contribution in [0.3, 0.4) is 0 Å². The largest absolute Gasteiger partial charge is 0.444 e. The first-order valence-corrected chi connectivity index (χ1v) is 9.85. The average molecular weight is 531 g/mol. The van der Waals surface area contributed by atoms with E-state index in [4.69, 9.17) is 10.00 Å². The average Bonchev–Trinajstić information content (AvgIpc) is 2.66. The fourth-order valence-corrected chi connectivity index (χ4v) is 3.20. The summed E-state index contributed by atoms with van der Waals surface area (Å²) in [5, 5.41) is 18.3. The van der Waals surface area contributed by atoms with Crippen LogP contribution in [0.1, 0.15) is 57.6 Å². The third-order valence-electron chi connectivity index (χ3n) is 4.63. The van der Waals surface area contributed by atoms with Gasteiger partial charge < -0.3 is 20.7 Å². The van der Waals surface area contributed by atoms with E-state index < -0.39 is 5.60 Å². The van der Waals surface area contributed by atoms with Gasteiger partial charge in [-0.25, -0.2) is 9.18 Å². The molecule has 30 heavy (non-hydrogen) atoms. The Kier molecular flexibility index (Phi) is 10.3. The molecule has 7 nitrogen and oxygen atoms in total. The predicted molar refractivity (Wildman–Crippen MR) is 125 cm³/mol. The van der Waals surface area contributed by atoms with Gasteiger partial charge >= 0.3 is 6.09 Å². The van der Waals surface area contributed by atoms with Crippen molar-refractivity contribution in [3.8, 4) is 6.07 Å². The highest BCUT2D eigenvalue weighted by Crippen LogP contribution is 2.19. The van der Waals surface area contributed by atoms with Gasteiger partial charge in [0.1, 0.15) is 11.4 Å². The molecule has 166 valence electrons. The molecule has 0 heterocycles. The van der Waals surface area contributed by atoms with Crippen molar-refractivity contribution in [3.05, 3.63) is 35.1 Å². The van der Waals surface area contributed by atoms with Gasteiger partial charge in [0.25, 0.3) is 0 Å². The highest BCUT2D eigenvalue weighted by atomic mass is 127. The van der Waals surface area contributed by atoms with E-state index in [1.165, 1.54) is 18.2 Å². The van der Waals surface area contributed by atoms with Gasteiger partial charge in [-0.1, -0.05) is 0 Å². The Balaban J connectivity index is 0.00000450. The normalized spacial score (nSPS) is 19.1. The lowest BCUT2D eigenvalue weighted by molar-refractivity contribution is 0.0490. The van der Waals surface area contributed by atoms with E-state index in [1.807, 2.05) is 26.8 Å². The van der Waals surface area contributed by atoms with Gasteiger partial charge in [0, 0.05) is 31.2 Å². The van der Waals surface area contributed by atoms with Crippen molar-refractivity contribution in [2.24, 2.45) is 4.99 Å². The minimum atomic E-state index is -0.507. The number of hydrogen-bond donors (Lipinski definition) is 3. The molecule has 1 aliphatic carbocycles. The lowest BCUT2D eigenvalue weighted by Gasteiger charge is -2.31. The Bertz CT molecular complexity index is 781. The number of ether oxygens (including phenoxy) is 1. The number of benzene rings is 1. The van der Waals surface area contributed by atoms with Crippen molar-refractivity contribution in [2.75, 3.05) is 7.05 Å². The zero-order valence-electron chi connectivity index (χ0n) is 17.9. The summed E-state index contributed by atoms with van der Waals surface area (Å²) in [6.45, 7) is 5.76. The van der Waals surface area contributed by atoms with Crippen LogP contribution in [0.2, 0.25) is 0 Å². The van der Waals surface area contributed by atoms with Crippen LogP contribution < -0.4 is 16.0 Å². The molecule has 3 N–H and O–H groups in total. The van der Waals surface area contributed by atoms with Gasteiger partial charge in [0.05, 0.1) is 11.6 Å². The number of carbonyl (C=O) groups excluding carboxylic acids is 1. The molecule has 0 spiro atoms. The maximum atomic E-state index is 13.9. The summed E-state index contributed by atoms with van der Waals surface area (Å²) in [5.41, 5.74) is 0.326. The number of halogens is 2. The van der Waals surface area contributed by atoms with E-state index in [9.17, 15) is 9.18 Å². The predicted octanol–water partition coefficient (Wildman–Crippen LogP) is 3.82. The second-order valence-corrected chi connectivity index (χ2v) is 8.18. The second-order valence-electron chi connectivity index (χ2n) is 8.18. The highest BCUT2D eigenvalue weighted by molar-refractivity contribution is 14.0. The minimum absolute atomic E-state index is 0. The van der Waals surface area contributed by atoms with Crippen molar-refractivity contribution in [2.45, 2.75) is 70.7 Å². The summed E-state index contributed by atoms with van der Waals surface area (Å²) >= 11 is 0. The molecule has 1 saturated carbocycles. The number of nitrogens with zero attached hydrogens (tertiary/aromatic N) is 2. The van der Waals surface area contributed by atoms with Crippen LogP contribution in [0.25, 0.3) is 0 Å². The lowest BCUT2D eigenvalue weighted by Crippen LogP contribution is -2.48. The third-order valence-corrected chi connectivity index (χ3v) is 4.63. The highest BCUT2D eigenvalue weighted by Gasteiger charge is 2.25. The molecule has 2 rings (SSSR count). The number of alkyl carbamates (subject to hydrolysis) is 1. The number of amides is 1. The number of nitrogens with one attached hydrogen (secondary N) is 3. The van der Waals surface area contributed by atoms with Crippen LogP contribution in [0.4, 0.5) is 9.18 Å². The van der Waals surface area contributed by atoms with Crippen molar-refractivity contribution >= 4 is 36.0 Å². The molecule has 1 fully saturated rings. The summed E-state index contributed by atoms with van der Waals surface area (Å²) in [6, 6.07) is 6.61. The summed E-state index contributed by atoms with van der Waals surface area (Å²) < 4.78 is 19.2. The van der Waals surface area contributed by atoms with Gasteiger partial charge in [0.2, 0.25) is 0 Å². The Labute approximate surface area is 194 Å². The zero-order valence-corrected chi connectivity index (χ0v) is 20.2. The Hall–Kier alpha value is -2.09. The fourth-order valence-electron chi connectivity index (χ4n) is 3.20. The molecule has 1 amide bonds. The number of carbonyl (C=O) groups is 1. The van der Waals surface area contributed by atoms with Crippen LogP contribution in [0.15, 0.2) is 23.2 Å². The summed E-state index contributed by atoms with van der Waals surface area (Å²) in [7, 11) is 1.66. The summed E-state index contributed by atoms with van der Waals surface area (Å²) in [6.07, 6.45) is 3.05. The number of hydrogen-bond acceptors (Lipinski definition) is 4. The fraction of sp³-hybridized carbons (Fsp3) is 0.571. The van der Waals surface area contributed by atoms with E-state index in [0.717, 1.165) is 25.7 Å². The molecule has 0 radical (unpaired) electrons. The van der Waals surface area contributed by atoms with Gasteiger partial charge in [-0.15, -0.1) is 24.0 Å². The van der Waals surface area contributed by atoms with Crippen LogP contribution in [0, 0.1) is 17.1 Å². The van der Waals surface area contributed by atoms with Gasteiger partial charge in [-0.05, 0) is 64.7 Å². The molecule has 1 aromatic carbocycles. The SMILES string of the molecule is CN=C(NCc1cc(C#N)ccc1F)NC1CCC(NC(=O)OC(C)(C)C)CC1.I. The Morgan fingerprint density at radius 3 is 2.37 bits per heavy atom. The van der Waals surface area contributed by atoms with E-state index in [1.54, 1.807) is 7.05 Å². The van der Waals surface area contributed by atoms with Crippen LogP contribution in [-0.4, -0.2) is 36.8 Å². The molecule has 0 aromatic heterocycles. The second kappa shape index (κ2) is 11.9. The molecular weight excluding hydrogens is 500 g/mol. The van der Waals surface area contributed by atoms with E-state index in [-0.39, 0.29) is 54.5 Å². The molecule has 1 aromatic rings. The summed E-state index contributed by atoms with van der Waals surface area (Å²) in [4.78, 5) is 16.1. The molecule has 9 heteroatoms. The maximum absolute atomic E-state index is 13.9. The first-order chi connectivity index (χ1) is 13.7. The van der Waals surface area contributed by atoms with Gasteiger partial charge in [-0.2, -0.15) is 5.26 Å². The van der Waals surface area contributed by atoms with Gasteiger partial charge in [0.15, 0.2) is 5.96 Å². The van der Waals surface area contributed by atoms with Crippen molar-refractivity contribution in [1.29, 1.82) is 5.26 Å². The number of guanidine groups is 1. The smallest absolute Gasteiger partial charge is 0.407 e. The quantitative estimate of drug-likeness (QED) is 0.312. The van der Waals surface area contributed by atoms with E-state index >= 15 is 0 Å². The lowest BCUT2D eigenvalue weighted by atomic mass is 9.91. The Morgan fingerprint density at radius 2 is 1.83 bits per heavy atom. The van der Waals surface area contributed by atoms with E-state index in [2.05, 4.69) is 20.9 Å². The van der Waals surface area contributed by atoms with Gasteiger partial charge in [-0.3, -0.25) is 4.99 Å². The standard InChI is InChI=1S/C21H30FN5O2.HI/c1-21(2,3)29-20(28)27-17-8-6-16(7-9-17)26-19(24-4)25-13-15-11-14(12-23)5-10-18(15)22;/h5,10-11,16-17H,6-9,13H2,1-4H3,(H,27,28)(H2,24,25,26);1H. The van der Waals surface area contributed by atoms with E-state index in [0.29, 0.717) is 17.1 Å². The van der Waals surface area contributed by atoms with Crippen molar-refractivity contribution < 1.29 is 13.9 Å². The van der Waals surface area contributed by atoms with Crippen LogP contribution in [0.5, 0.6) is 0 Å². The minimum Gasteiger partial charge on any atom is -0.444 e. The first kappa shape index (κ1) is 25.9. The Morgan fingerprint density at radius 1 is 1.23 bits per heavy atom. The number of nitriles is 1. The van der Waals surface area contributed by atoms with Crippen molar-refractivity contribution in [3.63, 3.8) is 0 Å². The zero-order chi connectivity index (χ0) is 21.4. The number of aliphatic imine (C=N–C) groups is 1. The third kappa shape index (κ3) is 8.73. The topological polar surface area (TPSA) is 98.5 Å².